The number of rotatable bonds is 8. The molecule has 0 saturated heterocycles. The monoisotopic (exact) mass is 387 g/mol. The van der Waals surface area contributed by atoms with Crippen molar-refractivity contribution in [2.75, 3.05) is 14.2 Å². The Bertz CT molecular complexity index is 861. The van der Waals surface area contributed by atoms with E-state index in [9.17, 15) is 4.79 Å². The van der Waals surface area contributed by atoms with E-state index in [-0.39, 0.29) is 12.5 Å². The second-order valence-corrected chi connectivity index (χ2v) is 6.82. The van der Waals surface area contributed by atoms with Crippen LogP contribution in [-0.2, 0) is 11.3 Å². The number of benzene rings is 1. The van der Waals surface area contributed by atoms with Gasteiger partial charge in [0.05, 0.1) is 18.5 Å². The van der Waals surface area contributed by atoms with E-state index in [1.54, 1.807) is 38.4 Å². The first-order valence-corrected chi connectivity index (χ1v) is 9.40. The number of methoxy groups -OCH3 is 1. The van der Waals surface area contributed by atoms with Gasteiger partial charge in [-0.2, -0.15) is 4.98 Å². The summed E-state index contributed by atoms with van der Waals surface area (Å²) in [6, 6.07) is 11.0. The Morgan fingerprint density at radius 3 is 2.63 bits per heavy atom. The lowest BCUT2D eigenvalue weighted by molar-refractivity contribution is -0.138. The van der Waals surface area contributed by atoms with E-state index in [1.165, 1.54) is 16.2 Å². The molecule has 1 unspecified atom stereocenters. The van der Waals surface area contributed by atoms with Crippen molar-refractivity contribution in [1.82, 2.24) is 15.0 Å². The molecule has 3 rings (SSSR count). The zero-order chi connectivity index (χ0) is 19.2. The molecule has 0 aliphatic rings. The standard InChI is InChI=1S/C19H21N3O4S/c1-4-15(25-14-9-7-13(24-3)8-10-14)19(23)22(2)12-17-20-18(21-26-17)16-6-5-11-27-16/h5-11,15H,4,12H2,1-3H3. The Morgan fingerprint density at radius 2 is 2.00 bits per heavy atom. The molecule has 2 heterocycles. The van der Waals surface area contributed by atoms with Gasteiger partial charge in [-0.25, -0.2) is 0 Å². The highest BCUT2D eigenvalue weighted by molar-refractivity contribution is 7.13. The molecule has 0 saturated carbocycles. The predicted octanol–water partition coefficient (Wildman–Crippen LogP) is 3.62. The van der Waals surface area contributed by atoms with Gasteiger partial charge in [-0.1, -0.05) is 18.1 Å². The van der Waals surface area contributed by atoms with Crippen molar-refractivity contribution in [2.45, 2.75) is 26.0 Å². The molecule has 0 N–H and O–H groups in total. The first-order chi connectivity index (χ1) is 13.1. The van der Waals surface area contributed by atoms with Crippen LogP contribution >= 0.6 is 11.3 Å². The molecule has 8 heteroatoms. The SMILES string of the molecule is CCC(Oc1ccc(OC)cc1)C(=O)N(C)Cc1nc(-c2cccs2)no1. The lowest BCUT2D eigenvalue weighted by Crippen LogP contribution is -2.39. The van der Waals surface area contributed by atoms with Gasteiger partial charge in [-0.3, -0.25) is 4.79 Å². The number of nitrogens with zero attached hydrogens (tertiary/aromatic N) is 3. The van der Waals surface area contributed by atoms with Crippen molar-refractivity contribution in [3.8, 4) is 22.2 Å². The Labute approximate surface area is 161 Å². The lowest BCUT2D eigenvalue weighted by Gasteiger charge is -2.22. The molecule has 0 aliphatic carbocycles. The summed E-state index contributed by atoms with van der Waals surface area (Å²) in [7, 11) is 3.29. The van der Waals surface area contributed by atoms with Gasteiger partial charge in [0.2, 0.25) is 11.7 Å². The highest BCUT2D eigenvalue weighted by Gasteiger charge is 2.24. The topological polar surface area (TPSA) is 77.7 Å². The summed E-state index contributed by atoms with van der Waals surface area (Å²) in [5.74, 6) is 2.11. The second-order valence-electron chi connectivity index (χ2n) is 5.87. The van der Waals surface area contributed by atoms with Crippen LogP contribution in [0.4, 0.5) is 0 Å². The fraction of sp³-hybridized carbons (Fsp3) is 0.316. The average Bonchev–Trinajstić information content (AvgIpc) is 3.37. The molecule has 2 aromatic heterocycles. The fourth-order valence-corrected chi connectivity index (χ4v) is 3.13. The molecular formula is C19H21N3O4S. The molecule has 27 heavy (non-hydrogen) atoms. The Hall–Kier alpha value is -2.87. The van der Waals surface area contributed by atoms with Crippen LogP contribution in [0.25, 0.3) is 10.7 Å². The van der Waals surface area contributed by atoms with Gasteiger partial charge in [0, 0.05) is 7.05 Å². The number of amides is 1. The van der Waals surface area contributed by atoms with Gasteiger partial charge in [-0.05, 0) is 42.1 Å². The van der Waals surface area contributed by atoms with Gasteiger partial charge >= 0.3 is 0 Å². The predicted molar refractivity (Wildman–Crippen MR) is 102 cm³/mol. The Kier molecular flexibility index (Phi) is 6.08. The number of carbonyl (C=O) groups is 1. The average molecular weight is 387 g/mol. The minimum Gasteiger partial charge on any atom is -0.497 e. The van der Waals surface area contributed by atoms with Crippen LogP contribution in [0.2, 0.25) is 0 Å². The third-order valence-corrected chi connectivity index (χ3v) is 4.81. The molecule has 1 aromatic carbocycles. The third kappa shape index (κ3) is 4.65. The van der Waals surface area contributed by atoms with Crippen LogP contribution in [0, 0.1) is 0 Å². The minimum absolute atomic E-state index is 0.149. The van der Waals surface area contributed by atoms with Gasteiger partial charge in [-0.15, -0.1) is 11.3 Å². The van der Waals surface area contributed by atoms with Crippen LogP contribution in [0.15, 0.2) is 46.3 Å². The number of carbonyl (C=O) groups excluding carboxylic acids is 1. The van der Waals surface area contributed by atoms with E-state index in [1.807, 2.05) is 24.4 Å². The summed E-state index contributed by atoms with van der Waals surface area (Å²) in [5, 5.41) is 5.91. The number of hydrogen-bond acceptors (Lipinski definition) is 7. The number of likely N-dealkylation sites (N-methyl/N-ethyl adjacent to an activating group) is 1. The van der Waals surface area contributed by atoms with Gasteiger partial charge < -0.3 is 18.9 Å². The molecule has 0 fully saturated rings. The van der Waals surface area contributed by atoms with E-state index in [4.69, 9.17) is 14.0 Å². The first-order valence-electron chi connectivity index (χ1n) is 8.53. The summed E-state index contributed by atoms with van der Waals surface area (Å²) in [6.45, 7) is 2.13. The molecule has 0 radical (unpaired) electrons. The molecule has 1 atom stereocenters. The highest BCUT2D eigenvalue weighted by atomic mass is 32.1. The summed E-state index contributed by atoms with van der Waals surface area (Å²) in [5.41, 5.74) is 0. The largest absolute Gasteiger partial charge is 0.497 e. The maximum atomic E-state index is 12.7. The highest BCUT2D eigenvalue weighted by Crippen LogP contribution is 2.22. The van der Waals surface area contributed by atoms with E-state index in [0.29, 0.717) is 23.9 Å². The van der Waals surface area contributed by atoms with Crippen molar-refractivity contribution < 1.29 is 18.8 Å². The molecule has 7 nitrogen and oxygen atoms in total. The summed E-state index contributed by atoms with van der Waals surface area (Å²) in [6.07, 6.45) is -0.0532. The van der Waals surface area contributed by atoms with Crippen molar-refractivity contribution in [2.24, 2.45) is 0 Å². The Balaban J connectivity index is 1.62. The van der Waals surface area contributed by atoms with Gasteiger partial charge in [0.25, 0.3) is 5.91 Å². The summed E-state index contributed by atoms with van der Waals surface area (Å²) < 4.78 is 16.2. The molecule has 0 bridgehead atoms. The molecular weight excluding hydrogens is 366 g/mol. The van der Waals surface area contributed by atoms with Crippen molar-refractivity contribution in [3.63, 3.8) is 0 Å². The van der Waals surface area contributed by atoms with Crippen LogP contribution in [0.5, 0.6) is 11.5 Å². The van der Waals surface area contributed by atoms with Crippen LogP contribution in [-0.4, -0.2) is 41.2 Å². The van der Waals surface area contributed by atoms with Crippen molar-refractivity contribution in [1.29, 1.82) is 0 Å². The van der Waals surface area contributed by atoms with Crippen LogP contribution in [0.1, 0.15) is 19.2 Å². The maximum Gasteiger partial charge on any atom is 0.263 e. The molecule has 0 aliphatic heterocycles. The molecule has 3 aromatic rings. The number of thiophene rings is 1. The summed E-state index contributed by atoms with van der Waals surface area (Å²) in [4.78, 5) is 19.5. The van der Waals surface area contributed by atoms with Crippen molar-refractivity contribution >= 4 is 17.2 Å². The molecule has 0 spiro atoms. The number of hydrogen-bond donors (Lipinski definition) is 0. The lowest BCUT2D eigenvalue weighted by atomic mass is 10.2. The maximum absolute atomic E-state index is 12.7. The van der Waals surface area contributed by atoms with Crippen LogP contribution in [0.3, 0.4) is 0 Å². The van der Waals surface area contributed by atoms with Gasteiger partial charge in [0.15, 0.2) is 6.10 Å². The second kappa shape index (κ2) is 8.68. The smallest absolute Gasteiger partial charge is 0.263 e. The Morgan fingerprint density at radius 1 is 1.26 bits per heavy atom. The number of ether oxygens (including phenoxy) is 2. The van der Waals surface area contributed by atoms with E-state index in [0.717, 1.165) is 10.6 Å². The van der Waals surface area contributed by atoms with Gasteiger partial charge in [0.1, 0.15) is 11.5 Å². The van der Waals surface area contributed by atoms with E-state index < -0.39 is 6.10 Å². The van der Waals surface area contributed by atoms with E-state index >= 15 is 0 Å². The summed E-state index contributed by atoms with van der Waals surface area (Å²) >= 11 is 1.53. The minimum atomic E-state index is -0.594. The van der Waals surface area contributed by atoms with E-state index in [2.05, 4.69) is 10.1 Å². The third-order valence-electron chi connectivity index (χ3n) is 3.94. The van der Waals surface area contributed by atoms with Crippen LogP contribution < -0.4 is 9.47 Å². The first kappa shape index (κ1) is 18.9. The zero-order valence-electron chi connectivity index (χ0n) is 15.4. The fourth-order valence-electron chi connectivity index (χ4n) is 2.48. The van der Waals surface area contributed by atoms with Crippen molar-refractivity contribution in [3.05, 3.63) is 47.7 Å². The number of aromatic nitrogens is 2. The molecule has 1 amide bonds. The molecule has 142 valence electrons. The normalized spacial score (nSPS) is 11.8. The zero-order valence-corrected chi connectivity index (χ0v) is 16.2. The quantitative estimate of drug-likeness (QED) is 0.587.